The predicted octanol–water partition coefficient (Wildman–Crippen LogP) is 4.95. The lowest BCUT2D eigenvalue weighted by molar-refractivity contribution is -0.116. The minimum absolute atomic E-state index is 0.0154. The van der Waals surface area contributed by atoms with Crippen LogP contribution in [-0.4, -0.2) is 18.0 Å². The van der Waals surface area contributed by atoms with E-state index < -0.39 is 0 Å². The van der Waals surface area contributed by atoms with Crippen molar-refractivity contribution >= 4 is 23.4 Å². The number of carbonyl (C=O) groups is 1. The zero-order valence-corrected chi connectivity index (χ0v) is 16.0. The molecule has 0 spiro atoms. The summed E-state index contributed by atoms with van der Waals surface area (Å²) in [6, 6.07) is 19.7. The SMILES string of the molecule is COc1ccc(CCC(=O)Nc2ccc(SCc3cccnc3)cc2)cc1. The molecule has 3 aromatic rings. The molecule has 3 rings (SSSR count). The Kier molecular flexibility index (Phi) is 6.88. The Morgan fingerprint density at radius 1 is 1.04 bits per heavy atom. The van der Waals surface area contributed by atoms with Gasteiger partial charge in [0.2, 0.25) is 5.91 Å². The van der Waals surface area contributed by atoms with Gasteiger partial charge in [-0.2, -0.15) is 0 Å². The van der Waals surface area contributed by atoms with Crippen molar-refractivity contribution in [1.82, 2.24) is 4.98 Å². The van der Waals surface area contributed by atoms with E-state index >= 15 is 0 Å². The van der Waals surface area contributed by atoms with Crippen LogP contribution < -0.4 is 10.1 Å². The first-order valence-electron chi connectivity index (χ1n) is 8.77. The number of pyridine rings is 1. The first-order valence-corrected chi connectivity index (χ1v) is 9.76. The van der Waals surface area contributed by atoms with Crippen LogP contribution in [0, 0.1) is 0 Å². The molecule has 27 heavy (non-hydrogen) atoms. The third-order valence-electron chi connectivity index (χ3n) is 4.07. The standard InChI is InChI=1S/C22H22N2O2S/c1-26-20-9-4-17(5-10-20)6-13-22(25)24-19-7-11-21(12-8-19)27-16-18-3-2-14-23-15-18/h2-5,7-12,14-15H,6,13,16H2,1H3,(H,24,25). The Hall–Kier alpha value is -2.79. The van der Waals surface area contributed by atoms with Crippen LogP contribution in [0.15, 0.2) is 78.0 Å². The second kappa shape index (κ2) is 9.78. The summed E-state index contributed by atoms with van der Waals surface area (Å²) < 4.78 is 5.14. The molecule has 0 aliphatic carbocycles. The molecule has 1 amide bonds. The molecular formula is C22H22N2O2S. The molecular weight excluding hydrogens is 356 g/mol. The van der Waals surface area contributed by atoms with Gasteiger partial charge in [-0.3, -0.25) is 9.78 Å². The van der Waals surface area contributed by atoms with E-state index in [4.69, 9.17) is 4.74 Å². The Balaban J connectivity index is 1.45. The first kappa shape index (κ1) is 19.0. The highest BCUT2D eigenvalue weighted by molar-refractivity contribution is 7.98. The molecule has 0 unspecified atom stereocenters. The van der Waals surface area contributed by atoms with Crippen molar-refractivity contribution in [1.29, 1.82) is 0 Å². The molecule has 0 saturated carbocycles. The molecule has 1 N–H and O–H groups in total. The van der Waals surface area contributed by atoms with Gasteiger partial charge < -0.3 is 10.1 Å². The van der Waals surface area contributed by atoms with Crippen LogP contribution in [0.5, 0.6) is 5.75 Å². The lowest BCUT2D eigenvalue weighted by atomic mass is 10.1. The van der Waals surface area contributed by atoms with E-state index in [2.05, 4.69) is 16.4 Å². The molecule has 2 aromatic carbocycles. The Bertz CT molecular complexity index is 850. The number of aryl methyl sites for hydroxylation is 1. The number of ether oxygens (including phenoxy) is 1. The van der Waals surface area contributed by atoms with E-state index in [-0.39, 0.29) is 5.91 Å². The average molecular weight is 378 g/mol. The number of aromatic nitrogens is 1. The zero-order chi connectivity index (χ0) is 18.9. The highest BCUT2D eigenvalue weighted by atomic mass is 32.2. The number of nitrogens with one attached hydrogen (secondary N) is 1. The van der Waals surface area contributed by atoms with Crippen molar-refractivity contribution in [2.45, 2.75) is 23.5 Å². The van der Waals surface area contributed by atoms with Crippen LogP contribution in [0.3, 0.4) is 0 Å². The molecule has 5 heteroatoms. The maximum atomic E-state index is 12.2. The van der Waals surface area contributed by atoms with Gasteiger partial charge in [0.15, 0.2) is 0 Å². The first-order chi connectivity index (χ1) is 13.2. The largest absolute Gasteiger partial charge is 0.497 e. The van der Waals surface area contributed by atoms with Crippen LogP contribution in [0.2, 0.25) is 0 Å². The van der Waals surface area contributed by atoms with E-state index in [1.165, 1.54) is 5.56 Å². The van der Waals surface area contributed by atoms with Gasteiger partial charge in [-0.05, 0) is 60.0 Å². The molecule has 0 aliphatic rings. The summed E-state index contributed by atoms with van der Waals surface area (Å²) in [5.41, 5.74) is 3.13. The van der Waals surface area contributed by atoms with Gasteiger partial charge in [-0.15, -0.1) is 11.8 Å². The third-order valence-corrected chi connectivity index (χ3v) is 5.15. The zero-order valence-electron chi connectivity index (χ0n) is 15.2. The lowest BCUT2D eigenvalue weighted by Crippen LogP contribution is -2.12. The fraction of sp³-hybridized carbons (Fsp3) is 0.182. The van der Waals surface area contributed by atoms with E-state index in [1.54, 1.807) is 25.1 Å². The molecule has 0 saturated heterocycles. The number of amides is 1. The number of anilines is 1. The summed E-state index contributed by atoms with van der Waals surface area (Å²) in [5.74, 6) is 1.72. The van der Waals surface area contributed by atoms with Gasteiger partial charge in [-0.1, -0.05) is 18.2 Å². The third kappa shape index (κ3) is 6.15. The van der Waals surface area contributed by atoms with E-state index in [1.807, 2.05) is 60.8 Å². The van der Waals surface area contributed by atoms with E-state index in [0.717, 1.165) is 27.6 Å². The van der Waals surface area contributed by atoms with Crippen LogP contribution in [0.25, 0.3) is 0 Å². The Morgan fingerprint density at radius 3 is 2.48 bits per heavy atom. The lowest BCUT2D eigenvalue weighted by Gasteiger charge is -2.07. The molecule has 0 bridgehead atoms. The number of carbonyl (C=O) groups excluding carboxylic acids is 1. The van der Waals surface area contributed by atoms with Crippen molar-refractivity contribution in [2.24, 2.45) is 0 Å². The summed E-state index contributed by atoms with van der Waals surface area (Å²) in [5, 5.41) is 2.95. The fourth-order valence-electron chi connectivity index (χ4n) is 2.56. The number of hydrogen-bond acceptors (Lipinski definition) is 4. The highest BCUT2D eigenvalue weighted by Crippen LogP contribution is 2.24. The van der Waals surface area contributed by atoms with Gasteiger partial charge in [-0.25, -0.2) is 0 Å². The van der Waals surface area contributed by atoms with Gasteiger partial charge in [0, 0.05) is 35.2 Å². The van der Waals surface area contributed by atoms with Gasteiger partial charge in [0.25, 0.3) is 0 Å². The number of hydrogen-bond donors (Lipinski definition) is 1. The normalized spacial score (nSPS) is 10.4. The number of methoxy groups -OCH3 is 1. The number of thioether (sulfide) groups is 1. The van der Waals surface area contributed by atoms with Crippen molar-refractivity contribution in [3.05, 3.63) is 84.2 Å². The van der Waals surface area contributed by atoms with Crippen molar-refractivity contribution < 1.29 is 9.53 Å². The van der Waals surface area contributed by atoms with Gasteiger partial charge in [0.05, 0.1) is 7.11 Å². The quantitative estimate of drug-likeness (QED) is 0.563. The maximum Gasteiger partial charge on any atom is 0.224 e. The fourth-order valence-corrected chi connectivity index (χ4v) is 3.39. The molecule has 0 radical (unpaired) electrons. The van der Waals surface area contributed by atoms with Gasteiger partial charge >= 0.3 is 0 Å². The van der Waals surface area contributed by atoms with E-state index in [0.29, 0.717) is 12.8 Å². The van der Waals surface area contributed by atoms with Crippen LogP contribution in [0.4, 0.5) is 5.69 Å². The molecule has 0 aliphatic heterocycles. The molecule has 4 nitrogen and oxygen atoms in total. The highest BCUT2D eigenvalue weighted by Gasteiger charge is 2.04. The number of nitrogens with zero attached hydrogens (tertiary/aromatic N) is 1. The smallest absolute Gasteiger partial charge is 0.224 e. The minimum atomic E-state index is 0.0154. The average Bonchev–Trinajstić information content (AvgIpc) is 2.73. The molecule has 0 fully saturated rings. The Morgan fingerprint density at radius 2 is 1.81 bits per heavy atom. The van der Waals surface area contributed by atoms with Crippen LogP contribution in [0.1, 0.15) is 17.5 Å². The number of rotatable bonds is 8. The summed E-state index contributed by atoms with van der Waals surface area (Å²) in [6.45, 7) is 0. The van der Waals surface area contributed by atoms with E-state index in [9.17, 15) is 4.79 Å². The molecule has 0 atom stereocenters. The van der Waals surface area contributed by atoms with Crippen LogP contribution >= 0.6 is 11.8 Å². The summed E-state index contributed by atoms with van der Waals surface area (Å²) >= 11 is 1.75. The van der Waals surface area contributed by atoms with Crippen LogP contribution in [-0.2, 0) is 17.0 Å². The molecule has 1 heterocycles. The summed E-state index contributed by atoms with van der Waals surface area (Å²) in [7, 11) is 1.64. The van der Waals surface area contributed by atoms with Crippen molar-refractivity contribution in [3.8, 4) is 5.75 Å². The number of benzene rings is 2. The van der Waals surface area contributed by atoms with Crippen molar-refractivity contribution in [2.75, 3.05) is 12.4 Å². The second-order valence-electron chi connectivity index (χ2n) is 6.07. The summed E-state index contributed by atoms with van der Waals surface area (Å²) in [4.78, 5) is 17.4. The monoisotopic (exact) mass is 378 g/mol. The topological polar surface area (TPSA) is 51.2 Å². The second-order valence-corrected chi connectivity index (χ2v) is 7.12. The minimum Gasteiger partial charge on any atom is -0.497 e. The van der Waals surface area contributed by atoms with Gasteiger partial charge in [0.1, 0.15) is 5.75 Å². The molecule has 138 valence electrons. The van der Waals surface area contributed by atoms with Crippen molar-refractivity contribution in [3.63, 3.8) is 0 Å². The molecule has 1 aromatic heterocycles. The summed E-state index contributed by atoms with van der Waals surface area (Å²) in [6.07, 6.45) is 4.81. The Labute approximate surface area is 164 Å². The predicted molar refractivity (Wildman–Crippen MR) is 110 cm³/mol. The maximum absolute atomic E-state index is 12.2.